The first kappa shape index (κ1) is 19.4. The third-order valence-corrected chi connectivity index (χ3v) is 5.31. The van der Waals surface area contributed by atoms with Crippen LogP contribution in [0.25, 0.3) is 11.0 Å². The summed E-state index contributed by atoms with van der Waals surface area (Å²) in [4.78, 5) is 17.6. The predicted octanol–water partition coefficient (Wildman–Crippen LogP) is 5.10. The van der Waals surface area contributed by atoms with Crippen LogP contribution in [0.15, 0.2) is 46.1 Å². The summed E-state index contributed by atoms with van der Waals surface area (Å²) in [5.74, 6) is -1.18. The van der Waals surface area contributed by atoms with Gasteiger partial charge in [0.25, 0.3) is 5.91 Å². The van der Waals surface area contributed by atoms with Crippen LogP contribution in [0.5, 0.6) is 0 Å². The van der Waals surface area contributed by atoms with Gasteiger partial charge in [0.1, 0.15) is 28.0 Å². The molecular weight excluding hydrogens is 400 g/mol. The van der Waals surface area contributed by atoms with E-state index in [1.807, 2.05) is 13.8 Å². The predicted molar refractivity (Wildman–Crippen MR) is 107 cm³/mol. The number of benzene rings is 2. The van der Waals surface area contributed by atoms with Crippen molar-refractivity contribution in [2.75, 3.05) is 5.32 Å². The zero-order valence-electron chi connectivity index (χ0n) is 15.7. The zero-order chi connectivity index (χ0) is 20.6. The van der Waals surface area contributed by atoms with E-state index in [2.05, 4.69) is 15.6 Å². The Kier molecular flexibility index (Phi) is 4.99. The highest BCUT2D eigenvalue weighted by Crippen LogP contribution is 2.32. The molecule has 0 radical (unpaired) electrons. The second kappa shape index (κ2) is 7.47. The van der Waals surface area contributed by atoms with Gasteiger partial charge < -0.3 is 14.7 Å². The minimum Gasteiger partial charge on any atom is -0.389 e. The van der Waals surface area contributed by atoms with Gasteiger partial charge in [-0.25, -0.2) is 8.78 Å². The summed E-state index contributed by atoms with van der Waals surface area (Å²) in [5.41, 5.74) is 0.771. The van der Waals surface area contributed by atoms with Crippen molar-refractivity contribution >= 4 is 39.4 Å². The molecule has 29 heavy (non-hydrogen) atoms. The summed E-state index contributed by atoms with van der Waals surface area (Å²) >= 11 is 1.46. The fourth-order valence-corrected chi connectivity index (χ4v) is 3.89. The molecule has 0 fully saturated rings. The molecule has 1 aromatic heterocycles. The Bertz CT molecular complexity index is 1110. The van der Waals surface area contributed by atoms with Gasteiger partial charge in [-0.2, -0.15) is 0 Å². The molecule has 2 aromatic carbocycles. The van der Waals surface area contributed by atoms with Crippen molar-refractivity contribution in [3.05, 3.63) is 59.3 Å². The van der Waals surface area contributed by atoms with Crippen molar-refractivity contribution in [3.63, 3.8) is 0 Å². The summed E-state index contributed by atoms with van der Waals surface area (Å²) in [7, 11) is 0. The molecule has 0 bridgehead atoms. The Morgan fingerprint density at radius 1 is 1.24 bits per heavy atom. The lowest BCUT2D eigenvalue weighted by atomic mass is 10.1. The minimum absolute atomic E-state index is 0.0440. The molecule has 0 saturated carbocycles. The molecule has 6 nitrogen and oxygen atoms in total. The van der Waals surface area contributed by atoms with E-state index in [9.17, 15) is 13.6 Å². The number of hydrogen-bond acceptors (Lipinski definition) is 6. The number of aromatic nitrogens is 1. The highest BCUT2D eigenvalue weighted by molar-refractivity contribution is 8.13. The molecule has 9 heteroatoms. The number of carbonyl (C=O) groups is 1. The Hall–Kier alpha value is -2.94. The topological polar surface area (TPSA) is 76.7 Å². The van der Waals surface area contributed by atoms with Crippen LogP contribution in [0.1, 0.15) is 36.3 Å². The first-order chi connectivity index (χ1) is 13.8. The third-order valence-electron chi connectivity index (χ3n) is 4.34. The van der Waals surface area contributed by atoms with Gasteiger partial charge in [0.15, 0.2) is 5.58 Å². The van der Waals surface area contributed by atoms with Crippen molar-refractivity contribution in [1.82, 2.24) is 5.16 Å². The Labute approximate surface area is 169 Å². The number of carbonyl (C=O) groups excluding carboxylic acids is 1. The van der Waals surface area contributed by atoms with Gasteiger partial charge in [-0.1, -0.05) is 10.3 Å². The van der Waals surface area contributed by atoms with Crippen molar-refractivity contribution < 1.29 is 22.9 Å². The van der Waals surface area contributed by atoms with Crippen LogP contribution in [0.3, 0.4) is 0 Å². The van der Waals surface area contributed by atoms with E-state index in [-0.39, 0.29) is 16.9 Å². The highest BCUT2D eigenvalue weighted by Gasteiger charge is 2.29. The van der Waals surface area contributed by atoms with Crippen LogP contribution in [-0.4, -0.2) is 21.7 Å². The average Bonchev–Trinajstić information content (AvgIpc) is 3.23. The number of nitrogens with zero attached hydrogens (tertiary/aromatic N) is 2. The van der Waals surface area contributed by atoms with Crippen molar-refractivity contribution in [3.8, 4) is 0 Å². The normalized spacial score (nSPS) is 15.2. The van der Waals surface area contributed by atoms with Crippen LogP contribution in [0.4, 0.5) is 14.5 Å². The van der Waals surface area contributed by atoms with Gasteiger partial charge in [-0.3, -0.25) is 4.79 Å². The standard InChI is InChI=1S/C20H17F2N3O3S/c1-20(2)9-18(25-28-20)29-10-16-13-7-14(22)15(8-17(13)27-24-16)23-19(26)11-3-5-12(21)6-4-11/h3-8H,9-10H2,1-2H3,(H,23,26). The van der Waals surface area contributed by atoms with Gasteiger partial charge in [0, 0.05) is 29.2 Å². The van der Waals surface area contributed by atoms with Gasteiger partial charge >= 0.3 is 0 Å². The molecule has 0 saturated heterocycles. The Morgan fingerprint density at radius 2 is 2.00 bits per heavy atom. The highest BCUT2D eigenvalue weighted by atomic mass is 32.2. The molecule has 0 aliphatic carbocycles. The number of rotatable bonds is 4. The lowest BCUT2D eigenvalue weighted by Crippen LogP contribution is -2.18. The maximum atomic E-state index is 14.6. The number of amides is 1. The number of fused-ring (bicyclic) bond motifs is 1. The molecule has 1 aliphatic heterocycles. The van der Waals surface area contributed by atoms with Crippen molar-refractivity contribution in [2.45, 2.75) is 31.6 Å². The van der Waals surface area contributed by atoms with E-state index in [4.69, 9.17) is 9.36 Å². The van der Waals surface area contributed by atoms with Crippen LogP contribution < -0.4 is 5.32 Å². The van der Waals surface area contributed by atoms with Crippen LogP contribution >= 0.6 is 11.8 Å². The molecule has 2 heterocycles. The SMILES string of the molecule is CC1(C)CC(SCc2noc3cc(NC(=O)c4ccc(F)cc4)c(F)cc23)=NO1. The molecule has 0 unspecified atom stereocenters. The molecule has 1 N–H and O–H groups in total. The first-order valence-electron chi connectivity index (χ1n) is 8.83. The maximum Gasteiger partial charge on any atom is 0.255 e. The molecule has 0 spiro atoms. The number of thioether (sulfide) groups is 1. The van der Waals surface area contributed by atoms with Crippen LogP contribution in [-0.2, 0) is 10.6 Å². The lowest BCUT2D eigenvalue weighted by molar-refractivity contribution is 0.0123. The van der Waals surface area contributed by atoms with Gasteiger partial charge in [0.05, 0.1) is 5.69 Å². The van der Waals surface area contributed by atoms with E-state index >= 15 is 0 Å². The fourth-order valence-electron chi connectivity index (χ4n) is 2.84. The second-order valence-corrected chi connectivity index (χ2v) is 8.27. The summed E-state index contributed by atoms with van der Waals surface area (Å²) in [6.07, 6.45) is 0.696. The van der Waals surface area contributed by atoms with E-state index in [0.717, 1.165) is 17.2 Å². The molecule has 1 amide bonds. The maximum absolute atomic E-state index is 14.6. The van der Waals surface area contributed by atoms with Crippen LogP contribution in [0, 0.1) is 11.6 Å². The lowest BCUT2D eigenvalue weighted by Gasteiger charge is -2.12. The van der Waals surface area contributed by atoms with E-state index < -0.39 is 17.5 Å². The second-order valence-electron chi connectivity index (χ2n) is 7.22. The number of oxime groups is 1. The average molecular weight is 417 g/mol. The summed E-state index contributed by atoms with van der Waals surface area (Å²) in [6.45, 7) is 3.90. The minimum atomic E-state index is -0.620. The molecule has 0 atom stereocenters. The van der Waals surface area contributed by atoms with Crippen molar-refractivity contribution in [2.24, 2.45) is 5.16 Å². The van der Waals surface area contributed by atoms with Crippen LogP contribution in [0.2, 0.25) is 0 Å². The quantitative estimate of drug-likeness (QED) is 0.639. The Balaban J connectivity index is 1.49. The number of nitrogens with one attached hydrogen (secondary N) is 1. The van der Waals surface area contributed by atoms with Gasteiger partial charge in [-0.15, -0.1) is 11.8 Å². The summed E-state index contributed by atoms with van der Waals surface area (Å²) < 4.78 is 32.9. The summed E-state index contributed by atoms with van der Waals surface area (Å²) in [6, 6.07) is 7.63. The molecule has 1 aliphatic rings. The first-order valence-corrected chi connectivity index (χ1v) is 9.82. The summed E-state index contributed by atoms with van der Waals surface area (Å²) in [5, 5.41) is 11.9. The molecule has 150 valence electrons. The van der Waals surface area contributed by atoms with E-state index in [0.29, 0.717) is 28.8 Å². The smallest absolute Gasteiger partial charge is 0.255 e. The Morgan fingerprint density at radius 3 is 2.69 bits per heavy atom. The van der Waals surface area contributed by atoms with Gasteiger partial charge in [0.2, 0.25) is 0 Å². The molecular formula is C20H17F2N3O3S. The molecule has 3 aromatic rings. The fraction of sp³-hybridized carbons (Fsp3) is 0.250. The largest absolute Gasteiger partial charge is 0.389 e. The van der Waals surface area contributed by atoms with E-state index in [1.54, 1.807) is 0 Å². The van der Waals surface area contributed by atoms with Gasteiger partial charge in [-0.05, 0) is 44.2 Å². The number of anilines is 1. The number of halogens is 2. The monoisotopic (exact) mass is 417 g/mol. The van der Waals surface area contributed by atoms with Crippen molar-refractivity contribution in [1.29, 1.82) is 0 Å². The molecule has 4 rings (SSSR count). The zero-order valence-corrected chi connectivity index (χ0v) is 16.5. The third kappa shape index (κ3) is 4.24. The van der Waals surface area contributed by atoms with E-state index in [1.165, 1.54) is 36.0 Å². The number of hydrogen-bond donors (Lipinski definition) is 1.